The van der Waals surface area contributed by atoms with Crippen LogP contribution >= 0.6 is 0 Å². The number of hydrogen-bond donors (Lipinski definition) is 1. The van der Waals surface area contributed by atoms with Crippen LogP contribution in [0, 0.1) is 5.41 Å². The molecule has 1 aliphatic carbocycles. The van der Waals surface area contributed by atoms with Crippen molar-refractivity contribution in [3.8, 4) is 0 Å². The zero-order valence-corrected chi connectivity index (χ0v) is 9.84. The molecule has 0 aliphatic heterocycles. The van der Waals surface area contributed by atoms with Gasteiger partial charge >= 0.3 is 0 Å². The second-order valence-corrected chi connectivity index (χ2v) is 5.14. The average molecular weight is 203 g/mol. The molecule has 0 spiro atoms. The zero-order valence-electron chi connectivity index (χ0n) is 9.84. The summed E-state index contributed by atoms with van der Waals surface area (Å²) in [6.07, 6.45) is 5.17. The van der Waals surface area contributed by atoms with Gasteiger partial charge in [0.05, 0.1) is 0 Å². The van der Waals surface area contributed by atoms with E-state index in [0.717, 1.165) is 6.54 Å². The lowest BCUT2D eigenvalue weighted by Crippen LogP contribution is -2.19. The number of nitrogens with one attached hydrogen (secondary N) is 1. The van der Waals surface area contributed by atoms with Gasteiger partial charge in [0, 0.05) is 0 Å². The first kappa shape index (κ1) is 10.7. The van der Waals surface area contributed by atoms with E-state index in [0.29, 0.717) is 5.41 Å². The Morgan fingerprint density at radius 3 is 2.33 bits per heavy atom. The minimum absolute atomic E-state index is 0.514. The van der Waals surface area contributed by atoms with Gasteiger partial charge in [-0.2, -0.15) is 0 Å². The standard InChI is InChI=1S/C14H21N/c1-14(8-5-9-15-2)10-12-6-3-4-7-13(12)11-14/h3-4,6-7,15H,5,8-11H2,1-2H3. The van der Waals surface area contributed by atoms with Gasteiger partial charge in [0.25, 0.3) is 0 Å². The van der Waals surface area contributed by atoms with E-state index >= 15 is 0 Å². The summed E-state index contributed by atoms with van der Waals surface area (Å²) in [5, 5.41) is 3.23. The monoisotopic (exact) mass is 203 g/mol. The van der Waals surface area contributed by atoms with Crippen molar-refractivity contribution in [3.05, 3.63) is 35.4 Å². The highest BCUT2D eigenvalue weighted by Gasteiger charge is 2.31. The number of fused-ring (bicyclic) bond motifs is 1. The summed E-state index contributed by atoms with van der Waals surface area (Å²) in [7, 11) is 2.03. The molecule has 82 valence electrons. The molecule has 0 atom stereocenters. The zero-order chi connectivity index (χ0) is 10.7. The minimum Gasteiger partial charge on any atom is -0.320 e. The van der Waals surface area contributed by atoms with Gasteiger partial charge in [0.15, 0.2) is 0 Å². The van der Waals surface area contributed by atoms with E-state index in [4.69, 9.17) is 0 Å². The van der Waals surface area contributed by atoms with Gasteiger partial charge in [-0.15, -0.1) is 0 Å². The second-order valence-electron chi connectivity index (χ2n) is 5.14. The molecule has 1 nitrogen and oxygen atoms in total. The molecule has 15 heavy (non-hydrogen) atoms. The van der Waals surface area contributed by atoms with Crippen LogP contribution < -0.4 is 5.32 Å². The van der Waals surface area contributed by atoms with Crippen LogP contribution in [-0.2, 0) is 12.8 Å². The van der Waals surface area contributed by atoms with E-state index in [2.05, 4.69) is 36.5 Å². The highest BCUT2D eigenvalue weighted by atomic mass is 14.8. The van der Waals surface area contributed by atoms with Crippen molar-refractivity contribution < 1.29 is 0 Å². The summed E-state index contributed by atoms with van der Waals surface area (Å²) in [5.41, 5.74) is 3.66. The normalized spacial score (nSPS) is 17.7. The summed E-state index contributed by atoms with van der Waals surface area (Å²) < 4.78 is 0. The Kier molecular flexibility index (Phi) is 3.11. The maximum absolute atomic E-state index is 3.23. The predicted octanol–water partition coefficient (Wildman–Crippen LogP) is 2.79. The van der Waals surface area contributed by atoms with Crippen molar-refractivity contribution in [3.63, 3.8) is 0 Å². The first-order chi connectivity index (χ1) is 7.23. The van der Waals surface area contributed by atoms with Gasteiger partial charge in [0.2, 0.25) is 0 Å². The van der Waals surface area contributed by atoms with Crippen LogP contribution in [0.3, 0.4) is 0 Å². The van der Waals surface area contributed by atoms with Crippen LogP contribution in [0.1, 0.15) is 30.9 Å². The summed E-state index contributed by atoms with van der Waals surface area (Å²) in [4.78, 5) is 0. The van der Waals surface area contributed by atoms with E-state index in [1.165, 1.54) is 25.7 Å². The third-order valence-corrected chi connectivity index (χ3v) is 3.56. The van der Waals surface area contributed by atoms with E-state index in [-0.39, 0.29) is 0 Å². The maximum Gasteiger partial charge on any atom is -0.00517 e. The Morgan fingerprint density at radius 1 is 1.20 bits per heavy atom. The van der Waals surface area contributed by atoms with Crippen LogP contribution in [0.4, 0.5) is 0 Å². The van der Waals surface area contributed by atoms with Crippen molar-refractivity contribution in [2.75, 3.05) is 13.6 Å². The van der Waals surface area contributed by atoms with Crippen LogP contribution in [-0.4, -0.2) is 13.6 Å². The molecule has 0 unspecified atom stereocenters. The fraction of sp³-hybridized carbons (Fsp3) is 0.571. The first-order valence-electron chi connectivity index (χ1n) is 5.95. The molecule has 0 bridgehead atoms. The van der Waals surface area contributed by atoms with Gasteiger partial charge in [-0.05, 0) is 55.8 Å². The molecule has 0 heterocycles. The molecule has 0 saturated heterocycles. The summed E-state index contributed by atoms with van der Waals surface area (Å²) in [6, 6.07) is 8.91. The van der Waals surface area contributed by atoms with Crippen molar-refractivity contribution >= 4 is 0 Å². The fourth-order valence-corrected chi connectivity index (χ4v) is 2.75. The van der Waals surface area contributed by atoms with Crippen molar-refractivity contribution in [2.45, 2.75) is 32.6 Å². The average Bonchev–Trinajstić information content (AvgIpc) is 2.54. The molecule has 0 saturated carbocycles. The van der Waals surface area contributed by atoms with Gasteiger partial charge in [-0.3, -0.25) is 0 Å². The number of benzene rings is 1. The Morgan fingerprint density at radius 2 is 1.80 bits per heavy atom. The molecule has 2 rings (SSSR count). The molecule has 1 N–H and O–H groups in total. The largest absolute Gasteiger partial charge is 0.320 e. The van der Waals surface area contributed by atoms with Crippen molar-refractivity contribution in [1.82, 2.24) is 5.32 Å². The highest BCUT2D eigenvalue weighted by molar-refractivity contribution is 5.33. The smallest absolute Gasteiger partial charge is 0.00517 e. The van der Waals surface area contributed by atoms with Gasteiger partial charge in [-0.1, -0.05) is 31.2 Å². The maximum atomic E-state index is 3.23. The number of hydrogen-bond acceptors (Lipinski definition) is 1. The SMILES string of the molecule is CNCCCC1(C)Cc2ccccc2C1. The fourth-order valence-electron chi connectivity index (χ4n) is 2.75. The minimum atomic E-state index is 0.514. The van der Waals surface area contributed by atoms with Crippen molar-refractivity contribution in [2.24, 2.45) is 5.41 Å². The van der Waals surface area contributed by atoms with Crippen LogP contribution in [0.5, 0.6) is 0 Å². The summed E-state index contributed by atoms with van der Waals surface area (Å²) in [6.45, 7) is 3.58. The molecule has 1 aromatic carbocycles. The molecule has 0 amide bonds. The number of rotatable bonds is 4. The van der Waals surface area contributed by atoms with E-state index < -0.39 is 0 Å². The Hall–Kier alpha value is -0.820. The second kappa shape index (κ2) is 4.36. The molecule has 1 aliphatic rings. The third-order valence-electron chi connectivity index (χ3n) is 3.56. The molecular weight excluding hydrogens is 182 g/mol. The van der Waals surface area contributed by atoms with E-state index in [1.54, 1.807) is 11.1 Å². The Bertz CT molecular complexity index is 305. The first-order valence-corrected chi connectivity index (χ1v) is 5.95. The van der Waals surface area contributed by atoms with Crippen molar-refractivity contribution in [1.29, 1.82) is 0 Å². The third kappa shape index (κ3) is 2.40. The summed E-state index contributed by atoms with van der Waals surface area (Å²) in [5.74, 6) is 0. The lowest BCUT2D eigenvalue weighted by atomic mass is 9.82. The molecule has 0 fully saturated rings. The van der Waals surface area contributed by atoms with Crippen LogP contribution in [0.25, 0.3) is 0 Å². The Labute approximate surface area is 92.9 Å². The Balaban J connectivity index is 1.98. The highest BCUT2D eigenvalue weighted by Crippen LogP contribution is 2.39. The molecular formula is C14H21N. The van der Waals surface area contributed by atoms with Gasteiger partial charge < -0.3 is 5.32 Å². The van der Waals surface area contributed by atoms with Crippen LogP contribution in [0.2, 0.25) is 0 Å². The van der Waals surface area contributed by atoms with Gasteiger partial charge in [0.1, 0.15) is 0 Å². The summed E-state index contributed by atoms with van der Waals surface area (Å²) >= 11 is 0. The van der Waals surface area contributed by atoms with Crippen LogP contribution in [0.15, 0.2) is 24.3 Å². The molecule has 1 aromatic rings. The lowest BCUT2D eigenvalue weighted by Gasteiger charge is -2.23. The molecule has 0 aromatic heterocycles. The van der Waals surface area contributed by atoms with E-state index in [1.807, 2.05) is 7.05 Å². The van der Waals surface area contributed by atoms with E-state index in [9.17, 15) is 0 Å². The predicted molar refractivity (Wildman–Crippen MR) is 65.1 cm³/mol. The quantitative estimate of drug-likeness (QED) is 0.742. The molecule has 1 heteroatoms. The topological polar surface area (TPSA) is 12.0 Å². The molecule has 0 radical (unpaired) electrons. The lowest BCUT2D eigenvalue weighted by molar-refractivity contribution is 0.306. The van der Waals surface area contributed by atoms with Gasteiger partial charge in [-0.25, -0.2) is 0 Å².